The van der Waals surface area contributed by atoms with Crippen LogP contribution in [0.3, 0.4) is 0 Å². The molecule has 1 aliphatic rings. The van der Waals surface area contributed by atoms with Gasteiger partial charge in [0.2, 0.25) is 0 Å². The van der Waals surface area contributed by atoms with E-state index in [0.717, 1.165) is 35.7 Å². The standard InChI is InChI=1S/C22H34FN3OSi/c1-15-8-9-16(2)26(15)21-20(24-12-13-25-21)17-10-11-19(18(23)14-17)27-28(6,7)22(3,4)5/h8-9,12-13,17-19H,10-11,14H2,1-7H3/t17-,18-,19-/m0/s1. The molecule has 1 saturated carbocycles. The molecule has 0 aromatic carbocycles. The van der Waals surface area contributed by atoms with E-state index in [1.807, 2.05) is 0 Å². The normalized spacial score (nSPS) is 23.8. The van der Waals surface area contributed by atoms with Crippen molar-refractivity contribution in [2.24, 2.45) is 0 Å². The molecule has 4 nitrogen and oxygen atoms in total. The van der Waals surface area contributed by atoms with Crippen molar-refractivity contribution in [1.29, 1.82) is 0 Å². The number of aryl methyl sites for hydroxylation is 2. The first-order chi connectivity index (χ1) is 13.0. The van der Waals surface area contributed by atoms with Crippen LogP contribution in [-0.2, 0) is 4.43 Å². The van der Waals surface area contributed by atoms with Crippen molar-refractivity contribution in [2.45, 2.75) is 90.2 Å². The Bertz CT molecular complexity index is 808. The Kier molecular flexibility index (Phi) is 5.83. The van der Waals surface area contributed by atoms with Gasteiger partial charge in [-0.25, -0.2) is 9.37 Å². The highest BCUT2D eigenvalue weighted by Crippen LogP contribution is 2.42. The summed E-state index contributed by atoms with van der Waals surface area (Å²) < 4.78 is 23.7. The van der Waals surface area contributed by atoms with Gasteiger partial charge >= 0.3 is 0 Å². The van der Waals surface area contributed by atoms with Crippen LogP contribution in [0.25, 0.3) is 5.82 Å². The molecular formula is C22H34FN3OSi. The number of rotatable bonds is 4. The molecule has 0 amide bonds. The van der Waals surface area contributed by atoms with E-state index in [1.54, 1.807) is 12.4 Å². The highest BCUT2D eigenvalue weighted by atomic mass is 28.4. The first-order valence-electron chi connectivity index (χ1n) is 10.3. The molecule has 0 unspecified atom stereocenters. The smallest absolute Gasteiger partial charge is 0.192 e. The second kappa shape index (κ2) is 7.71. The van der Waals surface area contributed by atoms with E-state index in [2.05, 4.69) is 74.4 Å². The van der Waals surface area contributed by atoms with Gasteiger partial charge in [0, 0.05) is 29.7 Å². The van der Waals surface area contributed by atoms with E-state index in [-0.39, 0.29) is 17.1 Å². The molecule has 6 heteroatoms. The van der Waals surface area contributed by atoms with E-state index in [4.69, 9.17) is 4.43 Å². The van der Waals surface area contributed by atoms with Gasteiger partial charge in [-0.1, -0.05) is 20.8 Å². The molecule has 0 bridgehead atoms. The average molecular weight is 404 g/mol. The quantitative estimate of drug-likeness (QED) is 0.598. The third-order valence-electron chi connectivity index (χ3n) is 6.54. The summed E-state index contributed by atoms with van der Waals surface area (Å²) in [6.45, 7) is 15.1. The predicted octanol–water partition coefficient (Wildman–Crippen LogP) is 5.88. The fraction of sp³-hybridized carbons (Fsp3) is 0.636. The zero-order valence-electron chi connectivity index (χ0n) is 18.3. The fourth-order valence-corrected chi connectivity index (χ4v) is 5.20. The third kappa shape index (κ3) is 4.08. The SMILES string of the molecule is Cc1ccc(C)n1-c1nccnc1[C@H]1CC[C@H](O[Si](C)(C)C(C)(C)C)[C@@H](F)C1. The summed E-state index contributed by atoms with van der Waals surface area (Å²) in [7, 11) is -1.98. The largest absolute Gasteiger partial charge is 0.411 e. The van der Waals surface area contributed by atoms with E-state index < -0.39 is 14.5 Å². The minimum Gasteiger partial charge on any atom is -0.411 e. The Labute approximate surface area is 169 Å². The molecule has 0 saturated heterocycles. The van der Waals surface area contributed by atoms with Crippen molar-refractivity contribution < 1.29 is 8.82 Å². The molecule has 2 aromatic heterocycles. The van der Waals surface area contributed by atoms with Crippen molar-refractivity contribution >= 4 is 8.32 Å². The lowest BCUT2D eigenvalue weighted by Gasteiger charge is -2.42. The van der Waals surface area contributed by atoms with Gasteiger partial charge in [-0.3, -0.25) is 4.98 Å². The Morgan fingerprint density at radius 3 is 2.25 bits per heavy atom. The summed E-state index contributed by atoms with van der Waals surface area (Å²) in [5.74, 6) is 0.905. The topological polar surface area (TPSA) is 39.9 Å². The van der Waals surface area contributed by atoms with Gasteiger partial charge < -0.3 is 8.99 Å². The Hall–Kier alpha value is -1.53. The molecule has 0 radical (unpaired) electrons. The molecule has 1 fully saturated rings. The molecule has 0 spiro atoms. The number of alkyl halides is 1. The van der Waals surface area contributed by atoms with Crippen LogP contribution in [0.4, 0.5) is 4.39 Å². The number of aromatic nitrogens is 3. The van der Waals surface area contributed by atoms with Crippen LogP contribution in [0.15, 0.2) is 24.5 Å². The van der Waals surface area contributed by atoms with E-state index in [9.17, 15) is 0 Å². The number of halogens is 1. The Balaban J connectivity index is 1.81. The maximum atomic E-state index is 15.2. The summed E-state index contributed by atoms with van der Waals surface area (Å²) in [6.07, 6.45) is 4.24. The van der Waals surface area contributed by atoms with Gasteiger partial charge in [0.05, 0.1) is 11.8 Å². The van der Waals surface area contributed by atoms with E-state index in [1.165, 1.54) is 0 Å². The van der Waals surface area contributed by atoms with Gasteiger partial charge in [0.15, 0.2) is 14.1 Å². The van der Waals surface area contributed by atoms with Gasteiger partial charge in [-0.05, 0) is 63.4 Å². The second-order valence-corrected chi connectivity index (χ2v) is 14.4. The van der Waals surface area contributed by atoms with Crippen LogP contribution in [0.2, 0.25) is 18.1 Å². The molecule has 3 atom stereocenters. The van der Waals surface area contributed by atoms with Crippen molar-refractivity contribution in [1.82, 2.24) is 14.5 Å². The van der Waals surface area contributed by atoms with Crippen LogP contribution < -0.4 is 0 Å². The van der Waals surface area contributed by atoms with Crippen LogP contribution in [0.5, 0.6) is 0 Å². The molecule has 28 heavy (non-hydrogen) atoms. The minimum absolute atomic E-state index is 0.0687. The van der Waals surface area contributed by atoms with Gasteiger partial charge in [0.25, 0.3) is 0 Å². The van der Waals surface area contributed by atoms with E-state index in [0.29, 0.717) is 6.42 Å². The zero-order chi connectivity index (χ0) is 20.7. The number of hydrogen-bond acceptors (Lipinski definition) is 3. The molecule has 1 aliphatic carbocycles. The highest BCUT2D eigenvalue weighted by Gasteiger charge is 2.43. The maximum absolute atomic E-state index is 15.2. The summed E-state index contributed by atoms with van der Waals surface area (Å²) >= 11 is 0. The van der Waals surface area contributed by atoms with Gasteiger partial charge in [0.1, 0.15) is 6.17 Å². The van der Waals surface area contributed by atoms with Crippen molar-refractivity contribution in [3.05, 3.63) is 41.6 Å². The first-order valence-corrected chi connectivity index (χ1v) is 13.2. The van der Waals surface area contributed by atoms with Gasteiger partial charge in [-0.15, -0.1) is 0 Å². The lowest BCUT2D eigenvalue weighted by atomic mass is 9.84. The molecule has 154 valence electrons. The molecule has 0 N–H and O–H groups in total. The molecule has 3 rings (SSSR count). The van der Waals surface area contributed by atoms with Crippen LogP contribution >= 0.6 is 0 Å². The Morgan fingerprint density at radius 1 is 1.07 bits per heavy atom. The van der Waals surface area contributed by atoms with Crippen LogP contribution in [0, 0.1) is 13.8 Å². The van der Waals surface area contributed by atoms with Crippen molar-refractivity contribution in [3.8, 4) is 5.82 Å². The molecule has 2 heterocycles. The third-order valence-corrected chi connectivity index (χ3v) is 11.0. The number of nitrogens with zero attached hydrogens (tertiary/aromatic N) is 3. The minimum atomic E-state index is -1.98. The predicted molar refractivity (Wildman–Crippen MR) is 114 cm³/mol. The average Bonchev–Trinajstić information content (AvgIpc) is 2.94. The van der Waals surface area contributed by atoms with Gasteiger partial charge in [-0.2, -0.15) is 0 Å². The van der Waals surface area contributed by atoms with Crippen LogP contribution in [-0.4, -0.2) is 35.1 Å². The summed E-state index contributed by atoms with van der Waals surface area (Å²) in [4.78, 5) is 9.24. The molecular weight excluding hydrogens is 369 g/mol. The molecule has 2 aromatic rings. The van der Waals surface area contributed by atoms with Crippen LogP contribution in [0.1, 0.15) is 63.0 Å². The first kappa shape index (κ1) is 21.2. The monoisotopic (exact) mass is 403 g/mol. The zero-order valence-corrected chi connectivity index (χ0v) is 19.3. The number of hydrogen-bond donors (Lipinski definition) is 0. The lowest BCUT2D eigenvalue weighted by molar-refractivity contribution is 0.0448. The summed E-state index contributed by atoms with van der Waals surface area (Å²) in [6, 6.07) is 4.16. The van der Waals surface area contributed by atoms with Crippen molar-refractivity contribution in [3.63, 3.8) is 0 Å². The van der Waals surface area contributed by atoms with E-state index >= 15 is 4.39 Å². The van der Waals surface area contributed by atoms with Crippen molar-refractivity contribution in [2.75, 3.05) is 0 Å². The summed E-state index contributed by atoms with van der Waals surface area (Å²) in [5.41, 5.74) is 3.13. The maximum Gasteiger partial charge on any atom is 0.192 e. The second-order valence-electron chi connectivity index (χ2n) is 9.66. The summed E-state index contributed by atoms with van der Waals surface area (Å²) in [5, 5.41) is 0.0884. The Morgan fingerprint density at radius 2 is 1.68 bits per heavy atom. The highest BCUT2D eigenvalue weighted by molar-refractivity contribution is 6.74. The fourth-order valence-electron chi connectivity index (χ4n) is 3.83. The molecule has 0 aliphatic heterocycles. The lowest BCUT2D eigenvalue weighted by Crippen LogP contribution is -2.47.